The van der Waals surface area contributed by atoms with E-state index in [1.165, 1.54) is 37.4 Å². The van der Waals surface area contributed by atoms with Crippen LogP contribution in [0, 0.1) is 22.7 Å². The second-order valence-corrected chi connectivity index (χ2v) is 6.96. The number of likely N-dealkylation sites (N-methyl/N-ethyl adjacent to an activating group) is 1. The number of anilines is 1. The van der Waals surface area contributed by atoms with E-state index in [2.05, 4.69) is 4.98 Å². The second-order valence-electron chi connectivity index (χ2n) is 6.96. The van der Waals surface area contributed by atoms with Crippen molar-refractivity contribution in [2.24, 2.45) is 0 Å². The Morgan fingerprint density at radius 3 is 2.70 bits per heavy atom. The van der Waals surface area contributed by atoms with Crippen LogP contribution in [0.5, 0.6) is 5.75 Å². The third-order valence-electron chi connectivity index (χ3n) is 4.97. The molecule has 0 radical (unpaired) electrons. The van der Waals surface area contributed by atoms with Crippen LogP contribution in [-0.4, -0.2) is 49.2 Å². The number of carbonyl (C=O) groups excluding carboxylic acids is 2. The Bertz CT molecular complexity index is 1250. The minimum Gasteiger partial charge on any atom is -0.495 e. The molecule has 1 heterocycles. The molecule has 0 saturated carbocycles. The number of nitriles is 2. The molecule has 0 bridgehead atoms. The number of carbonyl (C=O) groups is 2. The molecule has 1 aliphatic rings. The first-order valence-corrected chi connectivity index (χ1v) is 9.88. The van der Waals surface area contributed by atoms with Gasteiger partial charge in [0.05, 0.1) is 36.6 Å². The highest BCUT2D eigenvalue weighted by molar-refractivity contribution is 6.17. The Labute approximate surface area is 190 Å². The van der Waals surface area contributed by atoms with Crippen molar-refractivity contribution in [3.63, 3.8) is 0 Å². The molecule has 33 heavy (non-hydrogen) atoms. The van der Waals surface area contributed by atoms with Gasteiger partial charge in [0.2, 0.25) is 5.78 Å². The summed E-state index contributed by atoms with van der Waals surface area (Å²) >= 11 is 0. The van der Waals surface area contributed by atoms with E-state index in [1.807, 2.05) is 12.1 Å². The Morgan fingerprint density at radius 2 is 2.03 bits per heavy atom. The van der Waals surface area contributed by atoms with Crippen LogP contribution < -0.4 is 9.64 Å². The van der Waals surface area contributed by atoms with Crippen LogP contribution in [0.4, 0.5) is 5.69 Å². The summed E-state index contributed by atoms with van der Waals surface area (Å²) < 4.78 is 10.8. The first kappa shape index (κ1) is 23.2. The van der Waals surface area contributed by atoms with Crippen LogP contribution in [0.2, 0.25) is 0 Å². The number of para-hydroxylation sites is 2. The number of hydrogen-bond acceptors (Lipinski definition) is 8. The van der Waals surface area contributed by atoms with Gasteiger partial charge in [-0.15, -0.1) is 0 Å². The molecule has 9 nitrogen and oxygen atoms in total. The van der Waals surface area contributed by atoms with Gasteiger partial charge >= 0.3 is 0 Å². The van der Waals surface area contributed by atoms with Crippen LogP contribution in [0.15, 0.2) is 53.9 Å². The van der Waals surface area contributed by atoms with E-state index in [1.54, 1.807) is 24.3 Å². The highest BCUT2D eigenvalue weighted by Gasteiger charge is 2.31. The fourth-order valence-electron chi connectivity index (χ4n) is 3.39. The van der Waals surface area contributed by atoms with E-state index in [9.17, 15) is 14.9 Å². The molecule has 0 aliphatic heterocycles. The van der Waals surface area contributed by atoms with Gasteiger partial charge in [0.25, 0.3) is 5.91 Å². The number of hydrogen-bond donors (Lipinski definition) is 1. The van der Waals surface area contributed by atoms with Crippen molar-refractivity contribution in [1.82, 2.24) is 4.98 Å². The van der Waals surface area contributed by atoms with Crippen LogP contribution in [0.1, 0.15) is 23.2 Å². The molecule has 166 valence electrons. The molecule has 1 amide bonds. The highest BCUT2D eigenvalue weighted by Crippen LogP contribution is 2.34. The molecule has 1 N–H and O–H groups in total. The van der Waals surface area contributed by atoms with E-state index in [0.717, 1.165) is 0 Å². The van der Waals surface area contributed by atoms with Gasteiger partial charge in [-0.1, -0.05) is 12.1 Å². The number of pyridine rings is 1. The molecular weight excluding hydrogens is 424 g/mol. The minimum atomic E-state index is -0.543. The standard InChI is InChI=1S/C24H20N4O5/c1-28(20-5-3-4-6-22(20)32-2)24(31)18-10-15(11-21(30)23(18)33-8-7-29)19-14-27-17(13-26)9-16(19)12-25/h3-6,9-10,14,29H,7-8,11H2,1-2H3. The molecule has 2 aromatic rings. The zero-order valence-corrected chi connectivity index (χ0v) is 18.0. The maximum Gasteiger partial charge on any atom is 0.262 e. The van der Waals surface area contributed by atoms with E-state index in [-0.39, 0.29) is 42.2 Å². The topological polar surface area (TPSA) is 137 Å². The monoisotopic (exact) mass is 444 g/mol. The third-order valence-corrected chi connectivity index (χ3v) is 4.97. The van der Waals surface area contributed by atoms with Gasteiger partial charge in [0.1, 0.15) is 24.1 Å². The number of amides is 1. The summed E-state index contributed by atoms with van der Waals surface area (Å²) in [4.78, 5) is 31.7. The fourth-order valence-corrected chi connectivity index (χ4v) is 3.39. The first-order chi connectivity index (χ1) is 15.9. The maximum atomic E-state index is 13.5. The van der Waals surface area contributed by atoms with E-state index >= 15 is 0 Å². The number of aromatic nitrogens is 1. The highest BCUT2D eigenvalue weighted by atomic mass is 16.5. The van der Waals surface area contributed by atoms with Gasteiger partial charge in [-0.2, -0.15) is 10.5 Å². The lowest BCUT2D eigenvalue weighted by Gasteiger charge is -2.24. The van der Waals surface area contributed by atoms with E-state index in [0.29, 0.717) is 22.6 Å². The summed E-state index contributed by atoms with van der Waals surface area (Å²) in [6.45, 7) is -0.503. The zero-order valence-electron chi connectivity index (χ0n) is 18.0. The number of allylic oxidation sites excluding steroid dienone is 2. The average molecular weight is 444 g/mol. The fraction of sp³-hybridized carbons (Fsp3) is 0.208. The largest absolute Gasteiger partial charge is 0.495 e. The van der Waals surface area contributed by atoms with Crippen molar-refractivity contribution in [2.45, 2.75) is 6.42 Å². The lowest BCUT2D eigenvalue weighted by molar-refractivity contribution is -0.120. The summed E-state index contributed by atoms with van der Waals surface area (Å²) in [6, 6.07) is 12.1. The van der Waals surface area contributed by atoms with Crippen molar-refractivity contribution < 1.29 is 24.2 Å². The summed E-state index contributed by atoms with van der Waals surface area (Å²) in [7, 11) is 3.02. The number of Topliss-reactive ketones (excluding diaryl/α,β-unsaturated/α-hetero) is 1. The minimum absolute atomic E-state index is 0.0312. The van der Waals surface area contributed by atoms with Crippen molar-refractivity contribution >= 4 is 23.0 Å². The van der Waals surface area contributed by atoms with Crippen LogP contribution >= 0.6 is 0 Å². The van der Waals surface area contributed by atoms with E-state index in [4.69, 9.17) is 19.8 Å². The van der Waals surface area contributed by atoms with Crippen LogP contribution in [-0.2, 0) is 14.3 Å². The Morgan fingerprint density at radius 1 is 1.27 bits per heavy atom. The molecule has 1 aromatic carbocycles. The molecule has 0 atom stereocenters. The molecule has 0 fully saturated rings. The van der Waals surface area contributed by atoms with Crippen molar-refractivity contribution in [1.29, 1.82) is 10.5 Å². The quantitative estimate of drug-likeness (QED) is 0.686. The Kier molecular flexibility index (Phi) is 7.19. The number of benzene rings is 1. The Balaban J connectivity index is 2.13. The van der Waals surface area contributed by atoms with Crippen LogP contribution in [0.25, 0.3) is 5.57 Å². The Hall–Kier alpha value is -4.47. The summed E-state index contributed by atoms with van der Waals surface area (Å²) in [5.41, 5.74) is 1.40. The second kappa shape index (κ2) is 10.2. The van der Waals surface area contributed by atoms with Gasteiger partial charge in [0.15, 0.2) is 5.76 Å². The van der Waals surface area contributed by atoms with E-state index < -0.39 is 11.7 Å². The third kappa shape index (κ3) is 4.74. The normalized spacial score (nSPS) is 13.0. The smallest absolute Gasteiger partial charge is 0.262 e. The maximum absolute atomic E-state index is 13.5. The predicted octanol–water partition coefficient (Wildman–Crippen LogP) is 2.12. The molecule has 1 aromatic heterocycles. The number of aliphatic hydroxyl groups excluding tert-OH is 1. The number of methoxy groups -OCH3 is 1. The SMILES string of the molecule is COc1ccccc1N(C)C(=O)C1=C(OCCO)C(=O)CC(c2cnc(C#N)cc2C#N)=C1. The lowest BCUT2D eigenvalue weighted by atomic mass is 9.89. The molecule has 0 unspecified atom stereocenters. The number of rotatable bonds is 7. The summed E-state index contributed by atoms with van der Waals surface area (Å²) in [5, 5.41) is 27.7. The van der Waals surface area contributed by atoms with Gasteiger partial charge in [-0.3, -0.25) is 9.59 Å². The molecule has 0 spiro atoms. The first-order valence-electron chi connectivity index (χ1n) is 9.88. The summed E-state index contributed by atoms with van der Waals surface area (Å²) in [6.07, 6.45) is 2.67. The van der Waals surface area contributed by atoms with Gasteiger partial charge in [-0.05, 0) is 29.8 Å². The van der Waals surface area contributed by atoms with Gasteiger partial charge in [-0.25, -0.2) is 4.98 Å². The number of ketones is 1. The predicted molar refractivity (Wildman–Crippen MR) is 118 cm³/mol. The molecule has 9 heteroatoms. The molecular formula is C24H20N4O5. The van der Waals surface area contributed by atoms with Gasteiger partial charge in [0, 0.05) is 25.2 Å². The molecule has 0 saturated heterocycles. The van der Waals surface area contributed by atoms with Crippen molar-refractivity contribution in [3.05, 3.63) is 70.8 Å². The average Bonchev–Trinajstić information content (AvgIpc) is 2.86. The molecule has 3 rings (SSSR count). The molecule has 1 aliphatic carbocycles. The van der Waals surface area contributed by atoms with Crippen LogP contribution in [0.3, 0.4) is 0 Å². The number of nitrogens with zero attached hydrogens (tertiary/aromatic N) is 4. The van der Waals surface area contributed by atoms with Crippen molar-refractivity contribution in [3.8, 4) is 17.9 Å². The number of aliphatic hydroxyl groups is 1. The number of ether oxygens (including phenoxy) is 2. The zero-order chi connectivity index (χ0) is 24.0. The lowest BCUT2D eigenvalue weighted by Crippen LogP contribution is -2.31. The summed E-state index contributed by atoms with van der Waals surface area (Å²) in [5.74, 6) is -0.732. The van der Waals surface area contributed by atoms with Crippen molar-refractivity contribution in [2.75, 3.05) is 32.3 Å². The van der Waals surface area contributed by atoms with Gasteiger partial charge < -0.3 is 19.5 Å².